The van der Waals surface area contributed by atoms with E-state index in [2.05, 4.69) is 63.1 Å². The zero-order valence-electron chi connectivity index (χ0n) is 19.4. The van der Waals surface area contributed by atoms with Gasteiger partial charge < -0.3 is 0 Å². The summed E-state index contributed by atoms with van der Waals surface area (Å²) in [7, 11) is 2.40. The third-order valence-corrected chi connectivity index (χ3v) is 10.7. The van der Waals surface area contributed by atoms with Crippen LogP contribution in [0.25, 0.3) is 0 Å². The van der Waals surface area contributed by atoms with E-state index < -0.39 is 0 Å². The minimum absolute atomic E-state index is 0.538. The fourth-order valence-corrected chi connectivity index (χ4v) is 9.15. The zero-order valence-corrected chi connectivity index (χ0v) is 19.4. The molecule has 1 aromatic carbocycles. The lowest BCUT2D eigenvalue weighted by Crippen LogP contribution is -2.55. The van der Waals surface area contributed by atoms with Crippen LogP contribution in [0.5, 0.6) is 0 Å². The Hall–Kier alpha value is -0.820. The Kier molecular flexibility index (Phi) is 5.13. The molecule has 4 aliphatic carbocycles. The number of hydrogen-bond acceptors (Lipinski definition) is 1. The fourth-order valence-electron chi connectivity index (χ4n) is 9.15. The van der Waals surface area contributed by atoms with Crippen LogP contribution in [0.2, 0.25) is 0 Å². The first-order valence-electron chi connectivity index (χ1n) is 12.7. The summed E-state index contributed by atoms with van der Waals surface area (Å²) in [4.78, 5) is 2.71. The van der Waals surface area contributed by atoms with Crippen molar-refractivity contribution in [2.45, 2.75) is 91.1 Å². The van der Waals surface area contributed by atoms with Crippen molar-refractivity contribution in [3.8, 4) is 0 Å². The van der Waals surface area contributed by atoms with Gasteiger partial charge in [0.1, 0.15) is 0 Å². The molecule has 0 radical (unpaired) electrons. The van der Waals surface area contributed by atoms with E-state index in [1.807, 2.05) is 0 Å². The van der Waals surface area contributed by atoms with Gasteiger partial charge in [0, 0.05) is 12.6 Å². The molecule has 0 N–H and O–H groups in total. The number of fused-ring (bicyclic) bond motifs is 5. The van der Waals surface area contributed by atoms with E-state index in [0.29, 0.717) is 10.8 Å². The monoisotopic (exact) mass is 393 g/mol. The minimum Gasteiger partial charge on any atom is -0.299 e. The first-order valence-corrected chi connectivity index (χ1v) is 12.7. The molecule has 4 fully saturated rings. The lowest BCUT2D eigenvalue weighted by atomic mass is 9.44. The molecule has 29 heavy (non-hydrogen) atoms. The number of nitrogens with zero attached hydrogens (tertiary/aromatic N) is 1. The second-order valence-electron chi connectivity index (χ2n) is 12.1. The van der Waals surface area contributed by atoms with E-state index in [0.717, 1.165) is 42.2 Å². The van der Waals surface area contributed by atoms with Crippen LogP contribution in [0, 0.1) is 40.4 Å². The molecule has 8 atom stereocenters. The third-order valence-electron chi connectivity index (χ3n) is 10.7. The summed E-state index contributed by atoms with van der Waals surface area (Å²) in [5, 5.41) is 0. The van der Waals surface area contributed by atoms with Gasteiger partial charge in [-0.15, -0.1) is 0 Å². The highest BCUT2D eigenvalue weighted by molar-refractivity contribution is 5.16. The lowest BCUT2D eigenvalue weighted by molar-refractivity contribution is -0.119. The maximum atomic E-state index is 2.72. The largest absolute Gasteiger partial charge is 0.299 e. The van der Waals surface area contributed by atoms with Gasteiger partial charge in [-0.1, -0.05) is 57.5 Å². The van der Waals surface area contributed by atoms with E-state index >= 15 is 0 Å². The minimum atomic E-state index is 0.538. The Balaban J connectivity index is 1.34. The summed E-state index contributed by atoms with van der Waals surface area (Å²) in [6.45, 7) is 9.02. The van der Waals surface area contributed by atoms with Gasteiger partial charge in [0.05, 0.1) is 0 Å². The topological polar surface area (TPSA) is 3.24 Å². The summed E-state index contributed by atoms with van der Waals surface area (Å²) in [5.41, 5.74) is 2.67. The molecule has 0 bridgehead atoms. The Labute approximate surface area is 179 Å². The molecule has 0 spiro atoms. The van der Waals surface area contributed by atoms with Crippen LogP contribution in [0.3, 0.4) is 0 Å². The Morgan fingerprint density at radius 2 is 1.59 bits per heavy atom. The smallest absolute Gasteiger partial charge is 0.0233 e. The van der Waals surface area contributed by atoms with E-state index in [1.165, 1.54) is 63.4 Å². The van der Waals surface area contributed by atoms with E-state index in [9.17, 15) is 0 Å². The molecule has 0 amide bonds. The Bertz CT molecular complexity index is 712. The van der Waals surface area contributed by atoms with E-state index in [4.69, 9.17) is 0 Å². The molecular formula is C28H43N. The van der Waals surface area contributed by atoms with E-state index in [-0.39, 0.29) is 0 Å². The summed E-state index contributed by atoms with van der Waals surface area (Å²) in [6, 6.07) is 11.9. The van der Waals surface area contributed by atoms with Gasteiger partial charge in [-0.2, -0.15) is 0 Å². The van der Waals surface area contributed by atoms with Crippen molar-refractivity contribution in [1.82, 2.24) is 4.90 Å². The molecule has 0 heterocycles. The number of hydrogen-bond donors (Lipinski definition) is 0. The van der Waals surface area contributed by atoms with Gasteiger partial charge in [0.2, 0.25) is 0 Å². The molecule has 1 aromatic rings. The van der Waals surface area contributed by atoms with Crippen molar-refractivity contribution in [1.29, 1.82) is 0 Å². The molecule has 160 valence electrons. The van der Waals surface area contributed by atoms with Crippen LogP contribution in [-0.4, -0.2) is 18.0 Å². The average molecular weight is 394 g/mol. The maximum absolute atomic E-state index is 2.72. The van der Waals surface area contributed by atoms with Crippen molar-refractivity contribution in [2.24, 2.45) is 40.4 Å². The number of rotatable bonds is 3. The fraction of sp³-hybridized carbons (Fsp3) is 0.786. The highest BCUT2D eigenvalue weighted by Gasteiger charge is 2.60. The van der Waals surface area contributed by atoms with Crippen molar-refractivity contribution in [3.63, 3.8) is 0 Å². The van der Waals surface area contributed by atoms with Crippen molar-refractivity contribution in [2.75, 3.05) is 7.05 Å². The third kappa shape index (κ3) is 3.22. The van der Waals surface area contributed by atoms with Crippen LogP contribution in [0.1, 0.15) is 84.1 Å². The molecule has 1 nitrogen and oxygen atoms in total. The Morgan fingerprint density at radius 1 is 0.862 bits per heavy atom. The summed E-state index contributed by atoms with van der Waals surface area (Å²) in [6.07, 6.45) is 13.5. The van der Waals surface area contributed by atoms with Crippen molar-refractivity contribution in [3.05, 3.63) is 35.9 Å². The van der Waals surface area contributed by atoms with Crippen LogP contribution < -0.4 is 0 Å². The predicted octanol–water partition coefficient (Wildman–Crippen LogP) is 7.17. The molecule has 5 rings (SSSR count). The summed E-state index contributed by atoms with van der Waals surface area (Å²) in [5.74, 6) is 5.00. The standard InChI is InChI=1S/C28H43N/c1-20-14-16-27(2)22(18-20)10-11-23-24-12-13-26(28(24,3)17-15-25(23)27)29(4)19-21-8-6-5-7-9-21/h5-9,20,22-26H,10-19H2,1-4H3/t20?,22?,23?,24?,25?,26-,27?,28?/m0/s1. The van der Waals surface area contributed by atoms with Gasteiger partial charge >= 0.3 is 0 Å². The zero-order chi connectivity index (χ0) is 20.2. The SMILES string of the molecule is CC1CCC2(C)C(CCC3C2CCC2(C)C3CC[C@@H]2N(C)Cc2ccccc2)C1. The first-order chi connectivity index (χ1) is 13.9. The predicted molar refractivity (Wildman–Crippen MR) is 123 cm³/mol. The van der Waals surface area contributed by atoms with Crippen LogP contribution in [-0.2, 0) is 6.54 Å². The van der Waals surface area contributed by atoms with Gasteiger partial charge in [-0.05, 0) is 104 Å². The molecule has 0 aliphatic heterocycles. The average Bonchev–Trinajstić information content (AvgIpc) is 3.06. The molecular weight excluding hydrogens is 350 g/mol. The Morgan fingerprint density at radius 3 is 2.38 bits per heavy atom. The van der Waals surface area contributed by atoms with Crippen molar-refractivity contribution >= 4 is 0 Å². The first kappa shape index (κ1) is 20.1. The highest BCUT2D eigenvalue weighted by atomic mass is 15.1. The molecule has 0 aromatic heterocycles. The van der Waals surface area contributed by atoms with Crippen molar-refractivity contribution < 1.29 is 0 Å². The molecule has 4 aliphatic rings. The molecule has 4 saturated carbocycles. The lowest BCUT2D eigenvalue weighted by Gasteiger charge is -2.61. The van der Waals surface area contributed by atoms with Gasteiger partial charge in [-0.3, -0.25) is 4.90 Å². The normalized spacial score (nSPS) is 46.8. The highest BCUT2D eigenvalue weighted by Crippen LogP contribution is 2.67. The van der Waals surface area contributed by atoms with Gasteiger partial charge in [-0.25, -0.2) is 0 Å². The van der Waals surface area contributed by atoms with Crippen LogP contribution in [0.15, 0.2) is 30.3 Å². The van der Waals surface area contributed by atoms with E-state index in [1.54, 1.807) is 0 Å². The molecule has 7 unspecified atom stereocenters. The molecule has 1 heteroatoms. The van der Waals surface area contributed by atoms with Crippen LogP contribution in [0.4, 0.5) is 0 Å². The van der Waals surface area contributed by atoms with Gasteiger partial charge in [0.25, 0.3) is 0 Å². The molecule has 0 saturated heterocycles. The summed E-state index contributed by atoms with van der Waals surface area (Å²) < 4.78 is 0. The van der Waals surface area contributed by atoms with Crippen LogP contribution >= 0.6 is 0 Å². The maximum Gasteiger partial charge on any atom is 0.0233 e. The summed E-state index contributed by atoms with van der Waals surface area (Å²) >= 11 is 0. The number of benzene rings is 1. The second kappa shape index (κ2) is 7.40. The second-order valence-corrected chi connectivity index (χ2v) is 12.1. The van der Waals surface area contributed by atoms with Gasteiger partial charge in [0.15, 0.2) is 0 Å². The quantitative estimate of drug-likeness (QED) is 0.526.